The van der Waals surface area contributed by atoms with Gasteiger partial charge in [-0.1, -0.05) is 0 Å². The first kappa shape index (κ1) is 11.6. The zero-order chi connectivity index (χ0) is 11.9. The summed E-state index contributed by atoms with van der Waals surface area (Å²) in [6, 6.07) is 5.41. The molecule has 2 rings (SSSR count). The average Bonchev–Trinajstić information content (AvgIpc) is 2.50. The van der Waals surface area contributed by atoms with Gasteiger partial charge in [0.05, 0.1) is 0 Å². The molecule has 5 heteroatoms. The first-order chi connectivity index (χ1) is 7.48. The summed E-state index contributed by atoms with van der Waals surface area (Å²) in [5.41, 5.74) is 1.32. The van der Waals surface area contributed by atoms with Gasteiger partial charge in [0.15, 0.2) is 0 Å². The van der Waals surface area contributed by atoms with Crippen molar-refractivity contribution in [3.8, 4) is 0 Å². The third-order valence-corrected chi connectivity index (χ3v) is 6.21. The average molecular weight is 285 g/mol. The Bertz CT molecular complexity index is 446. The van der Waals surface area contributed by atoms with Crippen molar-refractivity contribution in [2.24, 2.45) is 0 Å². The van der Waals surface area contributed by atoms with Crippen LogP contribution in [0.15, 0.2) is 18.2 Å². The van der Waals surface area contributed by atoms with Crippen molar-refractivity contribution in [3.05, 3.63) is 33.9 Å². The molecule has 1 heterocycles. The summed E-state index contributed by atoms with van der Waals surface area (Å²) in [5, 5.41) is 11.0. The van der Waals surface area contributed by atoms with Crippen molar-refractivity contribution in [1.82, 2.24) is 3.92 Å². The normalized spacial score (nSPS) is 18.4. The van der Waals surface area contributed by atoms with Gasteiger partial charge in [-0.15, -0.1) is 0 Å². The fraction of sp³-hybridized carbons (Fsp3) is 0.455. The van der Waals surface area contributed by atoms with Gasteiger partial charge in [-0.3, -0.25) is 0 Å². The van der Waals surface area contributed by atoms with Crippen LogP contribution in [0.1, 0.15) is 26.3 Å². The Morgan fingerprint density at radius 3 is 2.75 bits per heavy atom. The van der Waals surface area contributed by atoms with Gasteiger partial charge in [0.1, 0.15) is 0 Å². The van der Waals surface area contributed by atoms with Crippen LogP contribution >= 0.6 is 0 Å². The molecule has 1 aromatic rings. The Labute approximate surface area is 101 Å². The molecule has 16 heavy (non-hydrogen) atoms. The minimum absolute atomic E-state index is 0.0667. The van der Waals surface area contributed by atoms with Crippen LogP contribution in [0, 0.1) is 10.1 Å². The number of nitro benzene ring substituents is 1. The first-order valence-corrected chi connectivity index (χ1v) is 6.84. The molecule has 1 aliphatic heterocycles. The molecule has 0 unspecified atom stereocenters. The van der Waals surface area contributed by atoms with Crippen molar-refractivity contribution < 1.29 is 4.92 Å². The molecule has 86 valence electrons. The molecule has 0 spiro atoms. The fourth-order valence-corrected chi connectivity index (χ4v) is 4.85. The fourth-order valence-electron chi connectivity index (χ4n) is 2.06. The molecule has 0 aliphatic carbocycles. The van der Waals surface area contributed by atoms with Crippen LogP contribution in [0.5, 0.6) is 0 Å². The Hall–Kier alpha value is -0.901. The Balaban J connectivity index is 2.58. The second kappa shape index (κ2) is 3.84. The molecule has 1 aliphatic rings. The molecule has 0 saturated carbocycles. The predicted molar refractivity (Wildman–Crippen MR) is 63.9 cm³/mol. The van der Waals surface area contributed by atoms with E-state index >= 15 is 0 Å². The molecular formula is C11H14N2O2Se. The SMILES string of the molecule is CCN1[Se]c2c([N+](=O)[O-])cccc2C1(C)C. The van der Waals surface area contributed by atoms with E-state index in [1.807, 2.05) is 6.07 Å². The van der Waals surface area contributed by atoms with Crippen LogP contribution in [0.2, 0.25) is 0 Å². The second-order valence-electron chi connectivity index (χ2n) is 4.26. The molecule has 0 aromatic heterocycles. The van der Waals surface area contributed by atoms with E-state index in [1.54, 1.807) is 12.1 Å². The summed E-state index contributed by atoms with van der Waals surface area (Å²) in [7, 11) is 0. The van der Waals surface area contributed by atoms with E-state index in [-0.39, 0.29) is 31.3 Å². The van der Waals surface area contributed by atoms with E-state index in [2.05, 4.69) is 24.7 Å². The summed E-state index contributed by atoms with van der Waals surface area (Å²) < 4.78 is 3.25. The van der Waals surface area contributed by atoms with Crippen LogP contribution in [0.4, 0.5) is 5.69 Å². The van der Waals surface area contributed by atoms with E-state index < -0.39 is 0 Å². The molecule has 4 nitrogen and oxygen atoms in total. The third-order valence-electron chi connectivity index (χ3n) is 2.96. The second-order valence-corrected chi connectivity index (χ2v) is 6.42. The molecule has 0 amide bonds. The topological polar surface area (TPSA) is 46.4 Å². The van der Waals surface area contributed by atoms with Crippen molar-refractivity contribution in [1.29, 1.82) is 0 Å². The molecule has 0 N–H and O–H groups in total. The number of fused-ring (bicyclic) bond motifs is 1. The van der Waals surface area contributed by atoms with Gasteiger partial charge in [0.2, 0.25) is 0 Å². The molecule has 0 saturated heterocycles. The van der Waals surface area contributed by atoms with Gasteiger partial charge in [-0.2, -0.15) is 0 Å². The maximum atomic E-state index is 11.0. The summed E-state index contributed by atoms with van der Waals surface area (Å²) in [4.78, 5) is 10.7. The molecule has 0 radical (unpaired) electrons. The number of rotatable bonds is 2. The quantitative estimate of drug-likeness (QED) is 0.469. The molecule has 0 atom stereocenters. The maximum absolute atomic E-state index is 11.0. The summed E-state index contributed by atoms with van der Waals surface area (Å²) >= 11 is 0.0667. The van der Waals surface area contributed by atoms with Crippen molar-refractivity contribution in [3.63, 3.8) is 0 Å². The van der Waals surface area contributed by atoms with Gasteiger partial charge < -0.3 is 0 Å². The van der Waals surface area contributed by atoms with Gasteiger partial charge in [0.25, 0.3) is 0 Å². The Morgan fingerprint density at radius 1 is 1.50 bits per heavy atom. The summed E-state index contributed by atoms with van der Waals surface area (Å²) in [5.74, 6) is 0. The van der Waals surface area contributed by atoms with E-state index in [4.69, 9.17) is 0 Å². The number of nitro groups is 1. The standard InChI is InChI=1S/C11H14N2O2Se/c1-4-12-11(2,3)8-6-5-7-9(13(14)15)10(8)16-12/h5-7H,4H2,1-3H3. The molecule has 1 aromatic carbocycles. The summed E-state index contributed by atoms with van der Waals surface area (Å²) in [6.07, 6.45) is 0. The summed E-state index contributed by atoms with van der Waals surface area (Å²) in [6.45, 7) is 7.29. The van der Waals surface area contributed by atoms with Crippen molar-refractivity contribution in [2.45, 2.75) is 26.3 Å². The number of nitrogens with zero attached hydrogens (tertiary/aromatic N) is 2. The molecular weight excluding hydrogens is 271 g/mol. The van der Waals surface area contributed by atoms with Crippen LogP contribution in [-0.2, 0) is 5.54 Å². The van der Waals surface area contributed by atoms with Crippen molar-refractivity contribution >= 4 is 25.3 Å². The van der Waals surface area contributed by atoms with E-state index in [0.717, 1.165) is 16.6 Å². The third kappa shape index (κ3) is 1.56. The van der Waals surface area contributed by atoms with Crippen LogP contribution in [0.3, 0.4) is 0 Å². The van der Waals surface area contributed by atoms with Gasteiger partial charge in [0, 0.05) is 0 Å². The first-order valence-electron chi connectivity index (χ1n) is 5.22. The van der Waals surface area contributed by atoms with Gasteiger partial charge in [-0.25, -0.2) is 0 Å². The van der Waals surface area contributed by atoms with Crippen LogP contribution in [-0.4, -0.2) is 30.6 Å². The minimum atomic E-state index is -0.268. The molecule has 0 fully saturated rings. The van der Waals surface area contributed by atoms with Crippen molar-refractivity contribution in [2.75, 3.05) is 6.54 Å². The van der Waals surface area contributed by atoms with E-state index in [9.17, 15) is 10.1 Å². The van der Waals surface area contributed by atoms with Crippen LogP contribution < -0.4 is 4.46 Å². The number of benzene rings is 1. The van der Waals surface area contributed by atoms with Gasteiger partial charge >= 0.3 is 101 Å². The van der Waals surface area contributed by atoms with E-state index in [0.29, 0.717) is 0 Å². The predicted octanol–water partition coefficient (Wildman–Crippen LogP) is 1.41. The zero-order valence-corrected chi connectivity index (χ0v) is 11.3. The van der Waals surface area contributed by atoms with Crippen LogP contribution in [0.25, 0.3) is 0 Å². The molecule has 0 bridgehead atoms. The van der Waals surface area contributed by atoms with Gasteiger partial charge in [-0.05, 0) is 0 Å². The van der Waals surface area contributed by atoms with E-state index in [1.165, 1.54) is 0 Å². The zero-order valence-electron chi connectivity index (χ0n) is 9.56. The number of hydrogen-bond acceptors (Lipinski definition) is 3. The number of hydrogen-bond donors (Lipinski definition) is 0. The monoisotopic (exact) mass is 286 g/mol. The Morgan fingerprint density at radius 2 is 2.19 bits per heavy atom. The Kier molecular flexibility index (Phi) is 2.78.